The fraction of sp³-hybridized carbons (Fsp3) is 0.192. The smallest absolute Gasteiger partial charge is 0.367 e. The number of carbonyl (C=O) groups is 1. The van der Waals surface area contributed by atoms with E-state index in [1.54, 1.807) is 73.7 Å². The van der Waals surface area contributed by atoms with Crippen LogP contribution in [-0.4, -0.2) is 28.2 Å². The van der Waals surface area contributed by atoms with Crippen LogP contribution in [0.3, 0.4) is 0 Å². The quantitative estimate of drug-likeness (QED) is 0.415. The predicted octanol–water partition coefficient (Wildman–Crippen LogP) is 4.70. The third kappa shape index (κ3) is 5.93. The van der Waals surface area contributed by atoms with Crippen molar-refractivity contribution in [2.24, 2.45) is 0 Å². The van der Waals surface area contributed by atoms with Gasteiger partial charge in [0.1, 0.15) is 12.4 Å². The number of ether oxygens (including phenoxy) is 1. The lowest BCUT2D eigenvalue weighted by molar-refractivity contribution is -0.176. The number of hydrogen-bond donors (Lipinski definition) is 1. The van der Waals surface area contributed by atoms with E-state index in [0.29, 0.717) is 33.5 Å². The van der Waals surface area contributed by atoms with Crippen LogP contribution in [0.25, 0.3) is 16.6 Å². The molecule has 9 heteroatoms. The molecule has 1 heterocycles. The molecule has 1 amide bonds. The molecule has 180 valence electrons. The number of alkyl halides is 3. The molecule has 0 saturated heterocycles. The van der Waals surface area contributed by atoms with Gasteiger partial charge in [-0.15, -0.1) is 0 Å². The van der Waals surface area contributed by atoms with Crippen molar-refractivity contribution in [1.82, 2.24) is 14.9 Å². The lowest BCUT2D eigenvalue weighted by atomic mass is 10.1. The lowest BCUT2D eigenvalue weighted by Crippen LogP contribution is -2.24. The molecule has 35 heavy (non-hydrogen) atoms. The van der Waals surface area contributed by atoms with Crippen LogP contribution in [0.4, 0.5) is 13.2 Å². The number of halogens is 3. The Morgan fingerprint density at radius 2 is 1.63 bits per heavy atom. The van der Waals surface area contributed by atoms with Gasteiger partial charge in [-0.05, 0) is 54.4 Å². The average molecular weight is 481 g/mol. The summed E-state index contributed by atoms with van der Waals surface area (Å²) < 4.78 is 42.6. The maximum absolute atomic E-state index is 12.9. The van der Waals surface area contributed by atoms with Gasteiger partial charge in [0.2, 0.25) is 0 Å². The van der Waals surface area contributed by atoms with Crippen LogP contribution in [0.15, 0.2) is 77.6 Å². The van der Waals surface area contributed by atoms with Gasteiger partial charge in [0.15, 0.2) is 0 Å². The normalized spacial score (nSPS) is 11.5. The Balaban J connectivity index is 1.39. The number of nitrogens with zero attached hydrogens (tertiary/aromatic N) is 2. The molecule has 0 saturated carbocycles. The number of nitrogens with one attached hydrogen (secondary N) is 1. The summed E-state index contributed by atoms with van der Waals surface area (Å²) >= 11 is 0. The monoisotopic (exact) mass is 481 g/mol. The van der Waals surface area contributed by atoms with Crippen molar-refractivity contribution in [1.29, 1.82) is 0 Å². The molecule has 0 aliphatic heterocycles. The average Bonchev–Trinajstić information content (AvgIpc) is 2.83. The molecule has 0 unspecified atom stereocenters. The summed E-state index contributed by atoms with van der Waals surface area (Å²) in [7, 11) is 0. The minimum atomic E-state index is -4.36. The Labute approximate surface area is 199 Å². The second-order valence-corrected chi connectivity index (χ2v) is 7.97. The number of fused-ring (bicyclic) bond motifs is 1. The maximum Gasteiger partial charge on any atom is 0.411 e. The summed E-state index contributed by atoms with van der Waals surface area (Å²) in [6, 6.07) is 20.5. The van der Waals surface area contributed by atoms with Crippen molar-refractivity contribution in [2.75, 3.05) is 6.61 Å². The molecule has 4 aromatic rings. The van der Waals surface area contributed by atoms with Crippen LogP contribution in [0.2, 0.25) is 0 Å². The molecule has 3 aromatic carbocycles. The number of benzene rings is 3. The first-order valence-electron chi connectivity index (χ1n) is 10.8. The Morgan fingerprint density at radius 3 is 2.31 bits per heavy atom. The number of para-hydroxylation sites is 1. The summed E-state index contributed by atoms with van der Waals surface area (Å²) in [5.41, 5.74) is 2.87. The second kappa shape index (κ2) is 10.1. The van der Waals surface area contributed by atoms with Crippen molar-refractivity contribution in [3.63, 3.8) is 0 Å². The Hall–Kier alpha value is -3.98. The Morgan fingerprint density at radius 1 is 0.971 bits per heavy atom. The van der Waals surface area contributed by atoms with Gasteiger partial charge >= 0.3 is 6.18 Å². The van der Waals surface area contributed by atoms with Crippen molar-refractivity contribution >= 4 is 16.8 Å². The third-order valence-corrected chi connectivity index (χ3v) is 5.34. The van der Waals surface area contributed by atoms with Crippen molar-refractivity contribution in [2.45, 2.75) is 26.3 Å². The number of amides is 1. The first-order chi connectivity index (χ1) is 16.7. The zero-order chi connectivity index (χ0) is 25.0. The first kappa shape index (κ1) is 24.2. The minimum Gasteiger partial charge on any atom is -0.367 e. The van der Waals surface area contributed by atoms with E-state index in [-0.39, 0.29) is 24.6 Å². The standard InChI is InChI=1S/C26H22F3N3O3/c1-17-31-23-5-3-2-4-22(23)25(34)32(17)21-12-10-20(11-13-21)24(33)30-14-18-6-8-19(9-7-18)15-35-16-26(27,28)29/h2-13H,14-16H2,1H3,(H,30,33). The topological polar surface area (TPSA) is 73.2 Å². The SMILES string of the molecule is Cc1nc2ccccc2c(=O)n1-c1ccc(C(=O)NCc2ccc(COCC(F)(F)F)cc2)cc1. The highest BCUT2D eigenvalue weighted by Gasteiger charge is 2.27. The molecule has 0 spiro atoms. The first-order valence-corrected chi connectivity index (χ1v) is 10.8. The van der Waals surface area contributed by atoms with E-state index < -0.39 is 12.8 Å². The van der Waals surface area contributed by atoms with E-state index in [2.05, 4.69) is 15.0 Å². The van der Waals surface area contributed by atoms with Crippen molar-refractivity contribution < 1.29 is 22.7 Å². The molecular formula is C26H22F3N3O3. The molecule has 0 atom stereocenters. The largest absolute Gasteiger partial charge is 0.411 e. The van der Waals surface area contributed by atoms with Gasteiger partial charge in [0.25, 0.3) is 11.5 Å². The van der Waals surface area contributed by atoms with Crippen LogP contribution < -0.4 is 10.9 Å². The van der Waals surface area contributed by atoms with Crippen molar-refractivity contribution in [3.05, 3.63) is 106 Å². The highest BCUT2D eigenvalue weighted by molar-refractivity contribution is 5.94. The number of aromatic nitrogens is 2. The number of hydrogen-bond acceptors (Lipinski definition) is 4. The van der Waals surface area contributed by atoms with Gasteiger partial charge in [-0.25, -0.2) is 4.98 Å². The fourth-order valence-electron chi connectivity index (χ4n) is 3.63. The van der Waals surface area contributed by atoms with E-state index in [1.165, 1.54) is 4.57 Å². The van der Waals surface area contributed by atoms with Crippen molar-refractivity contribution in [3.8, 4) is 5.69 Å². The van der Waals surface area contributed by atoms with E-state index in [1.807, 2.05) is 6.07 Å². The van der Waals surface area contributed by atoms with Gasteiger partial charge in [0, 0.05) is 12.1 Å². The number of rotatable bonds is 7. The molecule has 0 bridgehead atoms. The summed E-state index contributed by atoms with van der Waals surface area (Å²) in [6.07, 6.45) is -4.36. The number of aryl methyl sites for hydroxylation is 1. The third-order valence-electron chi connectivity index (χ3n) is 5.34. The van der Waals surface area contributed by atoms with Crippen LogP contribution in [0, 0.1) is 6.92 Å². The molecule has 0 aliphatic rings. The highest BCUT2D eigenvalue weighted by atomic mass is 19.4. The van der Waals surface area contributed by atoms with E-state index in [9.17, 15) is 22.8 Å². The number of carbonyl (C=O) groups excluding carboxylic acids is 1. The molecule has 4 rings (SSSR count). The van der Waals surface area contributed by atoms with Crippen LogP contribution in [0.1, 0.15) is 27.3 Å². The summed E-state index contributed by atoms with van der Waals surface area (Å²) in [4.78, 5) is 30.0. The summed E-state index contributed by atoms with van der Waals surface area (Å²) in [5, 5.41) is 3.32. The van der Waals surface area contributed by atoms with E-state index in [0.717, 1.165) is 5.56 Å². The molecule has 0 fully saturated rings. The molecular weight excluding hydrogens is 459 g/mol. The van der Waals surface area contributed by atoms with Gasteiger partial charge in [-0.1, -0.05) is 36.4 Å². The van der Waals surface area contributed by atoms with Crippen LogP contribution >= 0.6 is 0 Å². The molecule has 0 aliphatic carbocycles. The zero-order valence-corrected chi connectivity index (χ0v) is 18.8. The minimum absolute atomic E-state index is 0.145. The zero-order valence-electron chi connectivity index (χ0n) is 18.8. The molecule has 1 aromatic heterocycles. The molecule has 1 N–H and O–H groups in total. The molecule has 6 nitrogen and oxygen atoms in total. The van der Waals surface area contributed by atoms with Crippen LogP contribution in [-0.2, 0) is 17.9 Å². The van der Waals surface area contributed by atoms with Gasteiger partial charge in [-0.3, -0.25) is 14.2 Å². The van der Waals surface area contributed by atoms with Crippen LogP contribution in [0.5, 0.6) is 0 Å². The van der Waals surface area contributed by atoms with E-state index in [4.69, 9.17) is 0 Å². The van der Waals surface area contributed by atoms with Gasteiger partial charge in [-0.2, -0.15) is 13.2 Å². The summed E-state index contributed by atoms with van der Waals surface area (Å²) in [5.74, 6) is 0.244. The van der Waals surface area contributed by atoms with Gasteiger partial charge in [0.05, 0.1) is 23.2 Å². The predicted molar refractivity (Wildman–Crippen MR) is 125 cm³/mol. The second-order valence-electron chi connectivity index (χ2n) is 7.97. The van der Waals surface area contributed by atoms with E-state index >= 15 is 0 Å². The fourth-order valence-corrected chi connectivity index (χ4v) is 3.63. The summed E-state index contributed by atoms with van der Waals surface area (Å²) in [6.45, 7) is 0.558. The highest BCUT2D eigenvalue weighted by Crippen LogP contribution is 2.16. The lowest BCUT2D eigenvalue weighted by Gasteiger charge is -2.12. The maximum atomic E-state index is 12.9. The van der Waals surface area contributed by atoms with Gasteiger partial charge < -0.3 is 10.1 Å². The Kier molecular flexibility index (Phi) is 6.97. The molecule has 0 radical (unpaired) electrons. The Bertz CT molecular complexity index is 1400.